The minimum atomic E-state index is -1.75. The summed E-state index contributed by atoms with van der Waals surface area (Å²) in [7, 11) is 0. The zero-order chi connectivity index (χ0) is 3.58. The van der Waals surface area contributed by atoms with Gasteiger partial charge in [0.05, 0.1) is 5.09 Å². The van der Waals surface area contributed by atoms with Gasteiger partial charge in [0.2, 0.25) is 0 Å². The molecule has 0 radical (unpaired) electrons. The summed E-state index contributed by atoms with van der Waals surface area (Å²) in [6.45, 7) is 0. The van der Waals surface area contributed by atoms with Gasteiger partial charge in [-0.1, -0.05) is 0 Å². The Morgan fingerprint density at radius 1 is 1.29 bits per heavy atom. The zero-order valence-corrected chi connectivity index (χ0v) is 6.12. The summed E-state index contributed by atoms with van der Waals surface area (Å²) in [4.78, 5) is 8.25. The molecule has 0 aliphatic heterocycles. The minimum absolute atomic E-state index is 0. The Bertz CT molecular complexity index is 34.7. The molecule has 0 heterocycles. The Balaban J connectivity index is -0.0000000150. The van der Waals surface area contributed by atoms with Crippen molar-refractivity contribution in [2.75, 3.05) is 0 Å². The van der Waals surface area contributed by atoms with Crippen LogP contribution >= 0.6 is 0 Å². The third kappa shape index (κ3) is 267. The molecule has 1 N–H and O–H groups in total. The van der Waals surface area contributed by atoms with Crippen molar-refractivity contribution in [3.8, 4) is 0 Å². The molecular formula is HLiNNaO4. The molecule has 0 aromatic heterocycles. The van der Waals surface area contributed by atoms with Crippen molar-refractivity contribution < 1.29 is 59.0 Å². The Morgan fingerprint density at radius 3 is 1.29 bits per heavy atom. The maximum absolute atomic E-state index is 8.25. The van der Waals surface area contributed by atoms with E-state index in [4.69, 9.17) is 15.3 Å². The van der Waals surface area contributed by atoms with Crippen molar-refractivity contribution >= 4 is 0 Å². The molecule has 0 aliphatic carbocycles. The zero-order valence-electron chi connectivity index (χ0n) is 4.12. The van der Waals surface area contributed by atoms with E-state index < -0.39 is 5.09 Å². The summed E-state index contributed by atoms with van der Waals surface area (Å²) >= 11 is 0. The largest absolute Gasteiger partial charge is 1.00 e. The van der Waals surface area contributed by atoms with E-state index in [0.29, 0.717) is 0 Å². The summed E-state index contributed by atoms with van der Waals surface area (Å²) in [6.07, 6.45) is 0. The number of rotatable bonds is 0. The summed E-state index contributed by atoms with van der Waals surface area (Å²) < 4.78 is 0. The van der Waals surface area contributed by atoms with Gasteiger partial charge in [0, 0.05) is 0 Å². The maximum atomic E-state index is 8.25. The first-order chi connectivity index (χ1) is 1.73. The number of nitrogens with zero attached hydrogens (tertiary/aromatic N) is 1. The molecule has 0 aromatic rings. The molecule has 5 nitrogen and oxygen atoms in total. The summed E-state index contributed by atoms with van der Waals surface area (Å²) in [5.41, 5.74) is 0. The van der Waals surface area contributed by atoms with E-state index in [-0.39, 0.29) is 53.9 Å². The van der Waals surface area contributed by atoms with Gasteiger partial charge < -0.3 is 20.8 Å². The summed E-state index contributed by atoms with van der Waals surface area (Å²) in [5, 5.41) is 14.8. The molecule has 0 spiro atoms. The van der Waals surface area contributed by atoms with Gasteiger partial charge in [-0.2, -0.15) is 0 Å². The van der Waals surface area contributed by atoms with E-state index in [1.54, 1.807) is 0 Å². The Morgan fingerprint density at radius 2 is 1.29 bits per heavy atom. The van der Waals surface area contributed by atoms with Crippen LogP contribution in [0.25, 0.3) is 0 Å². The van der Waals surface area contributed by atoms with Crippen LogP contribution in [0.3, 0.4) is 0 Å². The van der Waals surface area contributed by atoms with Gasteiger partial charge in [0.1, 0.15) is 0 Å². The van der Waals surface area contributed by atoms with Gasteiger partial charge in [-0.05, 0) is 0 Å². The molecule has 0 atom stereocenters. The van der Waals surface area contributed by atoms with Gasteiger partial charge >= 0.3 is 48.4 Å². The Hall–Kier alpha value is 0.757. The molecule has 0 unspecified atom stereocenters. The van der Waals surface area contributed by atoms with Crippen LogP contribution in [-0.4, -0.2) is 10.6 Å². The van der Waals surface area contributed by atoms with Crippen molar-refractivity contribution in [1.29, 1.82) is 0 Å². The first-order valence-electron chi connectivity index (χ1n) is 0.548. The number of hydrogen-bond donors (Lipinski definition) is 0. The predicted molar refractivity (Wildman–Crippen MR) is 12.3 cm³/mol. The van der Waals surface area contributed by atoms with Gasteiger partial charge in [-0.3, -0.25) is 0 Å². The van der Waals surface area contributed by atoms with Crippen molar-refractivity contribution in [1.82, 2.24) is 0 Å². The average Bonchev–Trinajstić information content (AvgIpc) is 0.811. The summed E-state index contributed by atoms with van der Waals surface area (Å²) in [5.74, 6) is 0. The Kier molecular flexibility index (Phi) is 56.9. The van der Waals surface area contributed by atoms with Crippen LogP contribution in [0.15, 0.2) is 0 Å². The van der Waals surface area contributed by atoms with E-state index in [2.05, 4.69) is 0 Å². The van der Waals surface area contributed by atoms with Gasteiger partial charge in [0.15, 0.2) is 0 Å². The van der Waals surface area contributed by atoms with Crippen LogP contribution in [0.1, 0.15) is 0 Å². The van der Waals surface area contributed by atoms with Gasteiger partial charge in [-0.25, -0.2) is 0 Å². The van der Waals surface area contributed by atoms with E-state index in [9.17, 15) is 0 Å². The molecule has 7 heavy (non-hydrogen) atoms. The maximum Gasteiger partial charge on any atom is 1.00 e. The van der Waals surface area contributed by atoms with Gasteiger partial charge in [0.25, 0.3) is 0 Å². The third-order valence-electron chi connectivity index (χ3n) is 0. The minimum Gasteiger partial charge on any atom is -0.870 e. The summed E-state index contributed by atoms with van der Waals surface area (Å²) in [6, 6.07) is 0. The second kappa shape index (κ2) is 15.9. The first-order valence-corrected chi connectivity index (χ1v) is 0.548. The molecule has 0 saturated heterocycles. The third-order valence-corrected chi connectivity index (χ3v) is 0. The van der Waals surface area contributed by atoms with Crippen molar-refractivity contribution in [2.24, 2.45) is 0 Å². The molecule has 0 amide bonds. The quantitative estimate of drug-likeness (QED) is 0.175. The van der Waals surface area contributed by atoms with E-state index in [1.165, 1.54) is 0 Å². The van der Waals surface area contributed by atoms with Crippen LogP contribution in [0.5, 0.6) is 0 Å². The van der Waals surface area contributed by atoms with E-state index >= 15 is 0 Å². The normalized spacial score (nSPS) is 3.43. The van der Waals surface area contributed by atoms with Crippen LogP contribution < -0.4 is 48.4 Å². The second-order valence-corrected chi connectivity index (χ2v) is 0.224. The molecule has 32 valence electrons. The average molecular weight is 109 g/mol. The fraction of sp³-hybridized carbons (Fsp3) is 0. The van der Waals surface area contributed by atoms with Crippen LogP contribution in [0, 0.1) is 15.3 Å². The standard InChI is InChI=1S/Li.NO3.Na.H2O/c;2-1(3)4;;/h;;;1H2/q+1;-1;+1;/p-1. The molecule has 0 bridgehead atoms. The van der Waals surface area contributed by atoms with Crippen LogP contribution in [0.4, 0.5) is 0 Å². The molecule has 7 heteroatoms. The Labute approximate surface area is 74.0 Å². The monoisotopic (exact) mass is 109 g/mol. The van der Waals surface area contributed by atoms with Crippen molar-refractivity contribution in [3.63, 3.8) is 0 Å². The van der Waals surface area contributed by atoms with Crippen molar-refractivity contribution in [3.05, 3.63) is 15.3 Å². The number of hydrogen-bond acceptors (Lipinski definition) is 4. The fourth-order valence-corrected chi connectivity index (χ4v) is 0. The smallest absolute Gasteiger partial charge is 0.870 e. The molecule has 0 aliphatic rings. The topological polar surface area (TPSA) is 96.2 Å². The molecule has 0 rings (SSSR count). The predicted octanol–water partition coefficient (Wildman–Crippen LogP) is -6.41. The molecule has 0 saturated carbocycles. The SMILES string of the molecule is O=[N+]([O-])[O-].[Li+].[Na+].[OH-]. The van der Waals surface area contributed by atoms with E-state index in [0.717, 1.165) is 0 Å². The molecule has 0 fully saturated rings. The second-order valence-electron chi connectivity index (χ2n) is 0.224. The van der Waals surface area contributed by atoms with Crippen LogP contribution in [0.2, 0.25) is 0 Å². The first kappa shape index (κ1) is 25.1. The molecule has 0 aromatic carbocycles. The van der Waals surface area contributed by atoms with Gasteiger partial charge in [-0.15, -0.1) is 0 Å². The van der Waals surface area contributed by atoms with E-state index in [1.807, 2.05) is 0 Å². The van der Waals surface area contributed by atoms with Crippen LogP contribution in [-0.2, 0) is 0 Å². The fourth-order valence-electron chi connectivity index (χ4n) is 0. The molecular weight excluding hydrogens is 108 g/mol. The van der Waals surface area contributed by atoms with Crippen molar-refractivity contribution in [2.45, 2.75) is 0 Å².